The molecule has 0 aliphatic heterocycles. The predicted octanol–water partition coefficient (Wildman–Crippen LogP) is -4.50. The second-order valence-corrected chi connectivity index (χ2v) is 6.12. The fraction of sp³-hybridized carbons (Fsp3) is 0.889. The smallest absolute Gasteiger partial charge is 0.550 e. The van der Waals surface area contributed by atoms with E-state index in [1.807, 2.05) is 4.90 Å². The van der Waals surface area contributed by atoms with Gasteiger partial charge in [0.2, 0.25) is 0 Å². The average Bonchev–Trinajstić information content (AvgIpc) is 2.54. The topological polar surface area (TPSA) is 83.5 Å². The van der Waals surface area contributed by atoms with E-state index in [9.17, 15) is 19.8 Å². The molecule has 25 heavy (non-hydrogen) atoms. The maximum atomic E-state index is 10.5. The number of hydrogen-bond acceptors (Lipinski definition) is 5. The van der Waals surface area contributed by atoms with Crippen LogP contribution in [0.25, 0.3) is 0 Å². The van der Waals surface area contributed by atoms with E-state index in [4.69, 9.17) is 1.37 Å². The van der Waals surface area contributed by atoms with Gasteiger partial charge in [-0.2, -0.15) is 0 Å². The van der Waals surface area contributed by atoms with Gasteiger partial charge in [0, 0.05) is 26.4 Å². The van der Waals surface area contributed by atoms with Crippen molar-refractivity contribution in [3.05, 3.63) is 0 Å². The molecule has 0 unspecified atom stereocenters. The Bertz CT molecular complexity index is 318. The van der Waals surface area contributed by atoms with Crippen LogP contribution in [0, 0.1) is 0 Å². The van der Waals surface area contributed by atoms with Gasteiger partial charge in [0.25, 0.3) is 0 Å². The summed E-state index contributed by atoms with van der Waals surface area (Å²) in [6, 6.07) is 0. The van der Waals surface area contributed by atoms with Gasteiger partial charge >= 0.3 is 59.1 Å². The minimum atomic E-state index is -1.10. The predicted molar refractivity (Wildman–Crippen MR) is 87.5 cm³/mol. The van der Waals surface area contributed by atoms with E-state index in [1.165, 1.54) is 44.9 Å². The van der Waals surface area contributed by atoms with E-state index >= 15 is 0 Å². The molecule has 0 aromatic carbocycles. The van der Waals surface area contributed by atoms with Crippen LogP contribution in [0.15, 0.2) is 0 Å². The van der Waals surface area contributed by atoms with Crippen molar-refractivity contribution in [2.24, 2.45) is 0 Å². The zero-order chi connectivity index (χ0) is 18.0. The number of hydrogen-bond donors (Lipinski definition) is 0. The Morgan fingerprint density at radius 1 is 0.720 bits per heavy atom. The molecule has 0 amide bonds. The van der Waals surface area contributed by atoms with Crippen LogP contribution in [0.3, 0.4) is 0 Å². The third kappa shape index (κ3) is 24.9. The summed E-state index contributed by atoms with van der Waals surface area (Å²) in [7, 11) is 0. The summed E-state index contributed by atoms with van der Waals surface area (Å²) >= 11 is 0. The molecule has 136 valence electrons. The first-order chi connectivity index (χ1) is 11.6. The van der Waals surface area contributed by atoms with Crippen molar-refractivity contribution in [2.75, 3.05) is 19.6 Å². The Morgan fingerprint density at radius 2 is 1.12 bits per heavy atom. The molecule has 0 N–H and O–H groups in total. The summed E-state index contributed by atoms with van der Waals surface area (Å²) in [5, 5.41) is 21.1. The molecule has 0 aliphatic carbocycles. The first-order valence-electron chi connectivity index (χ1n) is 9.68. The number of carbonyl (C=O) groups excluding carboxylic acids is 2. The third-order valence-corrected chi connectivity index (χ3v) is 3.99. The van der Waals surface area contributed by atoms with Crippen LogP contribution in [0.2, 0.25) is 0 Å². The Kier molecular flexibility index (Phi) is 25.8. The summed E-state index contributed by atoms with van der Waals surface area (Å²) < 4.78 is 7.07. The van der Waals surface area contributed by atoms with Crippen molar-refractivity contribution in [3.8, 4) is 0 Å². The van der Waals surface area contributed by atoms with Crippen molar-refractivity contribution >= 4 is 11.9 Å². The van der Waals surface area contributed by atoms with E-state index in [-0.39, 0.29) is 72.0 Å². The van der Waals surface area contributed by atoms with Gasteiger partial charge in [0.1, 0.15) is 0 Å². The molecule has 0 aromatic heterocycles. The molecule has 0 saturated heterocycles. The van der Waals surface area contributed by atoms with Gasteiger partial charge in [0.15, 0.2) is 0 Å². The fourth-order valence-electron chi connectivity index (χ4n) is 2.58. The number of unbranched alkanes of at least 4 members (excludes halogenated alkanes) is 9. The van der Waals surface area contributed by atoms with Crippen LogP contribution in [0.4, 0.5) is 0 Å². The third-order valence-electron chi connectivity index (χ3n) is 3.99. The molecule has 0 spiro atoms. The summed E-state index contributed by atoms with van der Waals surface area (Å²) in [6.45, 7) is 1.96. The van der Waals surface area contributed by atoms with Gasteiger partial charge in [-0.1, -0.05) is 64.7 Å². The first-order valence-corrected chi connectivity index (χ1v) is 8.97. The van der Waals surface area contributed by atoms with Crippen LogP contribution in [-0.2, 0) is 9.59 Å². The van der Waals surface area contributed by atoms with Crippen molar-refractivity contribution in [3.63, 3.8) is 0 Å². The van der Waals surface area contributed by atoms with Gasteiger partial charge < -0.3 is 24.7 Å². The first kappa shape index (κ1) is 28.1. The number of nitrogens with zero attached hydrogens (tertiary/aromatic N) is 1. The number of rotatable bonds is 17. The van der Waals surface area contributed by atoms with Gasteiger partial charge in [-0.25, -0.2) is 0 Å². The van der Waals surface area contributed by atoms with E-state index in [2.05, 4.69) is 0 Å². The molecule has 0 radical (unpaired) electrons. The van der Waals surface area contributed by atoms with Crippen LogP contribution >= 0.6 is 0 Å². The van der Waals surface area contributed by atoms with Crippen LogP contribution in [0.5, 0.6) is 0 Å². The van der Waals surface area contributed by atoms with E-state index in [0.29, 0.717) is 20.0 Å². The van der Waals surface area contributed by atoms with Crippen LogP contribution in [-0.4, -0.2) is 36.5 Å². The molecule has 0 saturated carbocycles. The molecule has 0 rings (SSSR count). The number of carboxylic acids is 2. The van der Waals surface area contributed by atoms with Gasteiger partial charge in [-0.3, -0.25) is 0 Å². The maximum Gasteiger partial charge on any atom is 1.00 e. The summed E-state index contributed by atoms with van der Waals surface area (Å²) in [6.07, 6.45) is 11.5. The minimum Gasteiger partial charge on any atom is -0.550 e. The molecule has 0 aliphatic rings. The van der Waals surface area contributed by atoms with Crippen molar-refractivity contribution in [1.82, 2.24) is 4.90 Å². The van der Waals surface area contributed by atoms with Gasteiger partial charge in [0.05, 0.1) is 0 Å². The van der Waals surface area contributed by atoms with E-state index < -0.39 is 11.9 Å². The number of carbonyl (C=O) groups is 2. The summed E-state index contributed by atoms with van der Waals surface area (Å²) in [5.41, 5.74) is 0. The largest absolute Gasteiger partial charge is 1.00 e. The Morgan fingerprint density at radius 3 is 1.52 bits per heavy atom. The quantitative estimate of drug-likeness (QED) is 0.189. The minimum absolute atomic E-state index is 0. The standard InChI is InChI=1S/C18H35NO4.2Na/c1-2-3-4-5-6-7-8-9-10-11-14-19(15-12-17(20)21)16-13-18(22)23;;/h2-16H2,1H3,(H,20,21)(H,22,23);;/q;2*+1/p-2/i1D;;. The van der Waals surface area contributed by atoms with Crippen molar-refractivity contribution in [2.45, 2.75) is 83.9 Å². The number of aliphatic carboxylic acids is 2. The van der Waals surface area contributed by atoms with Crippen LogP contribution in [0.1, 0.15) is 85.3 Å². The zero-order valence-corrected chi connectivity index (χ0v) is 20.4. The Labute approximate surface area is 199 Å². The van der Waals surface area contributed by atoms with Gasteiger partial charge in [-0.05, 0) is 25.8 Å². The monoisotopic (exact) mass is 374 g/mol. The average molecular weight is 374 g/mol. The Hall–Kier alpha value is 0.900. The second-order valence-electron chi connectivity index (χ2n) is 6.12. The van der Waals surface area contributed by atoms with Crippen molar-refractivity contribution < 1.29 is 80.3 Å². The zero-order valence-electron chi connectivity index (χ0n) is 17.4. The van der Waals surface area contributed by atoms with E-state index in [0.717, 1.165) is 25.8 Å². The molecule has 0 heterocycles. The molecule has 5 nitrogen and oxygen atoms in total. The normalized spacial score (nSPS) is 10.7. The molecule has 7 heteroatoms. The molecule has 0 fully saturated rings. The van der Waals surface area contributed by atoms with Crippen molar-refractivity contribution in [1.29, 1.82) is 0 Å². The molecule has 0 bridgehead atoms. The summed E-state index contributed by atoms with van der Waals surface area (Å²) in [4.78, 5) is 22.9. The van der Waals surface area contributed by atoms with Crippen LogP contribution < -0.4 is 69.3 Å². The summed E-state index contributed by atoms with van der Waals surface area (Å²) in [5.74, 6) is -2.20. The molecular weight excluding hydrogens is 340 g/mol. The van der Waals surface area contributed by atoms with Gasteiger partial charge in [-0.15, -0.1) is 0 Å². The maximum absolute atomic E-state index is 10.5. The fourth-order valence-corrected chi connectivity index (χ4v) is 2.58. The molecule has 0 atom stereocenters. The number of carboxylic acid groups (broad SMARTS) is 2. The SMILES string of the molecule is [2H]CCCCCCCCCCCCN(CCC(=O)[O-])CCC(=O)[O-].[Na+].[Na+]. The molecule has 0 aromatic rings. The second kappa shape index (κ2) is 22.9. The Balaban J connectivity index is -0.00000264. The molecular formula is C18H33NNa2O4. The van der Waals surface area contributed by atoms with E-state index in [1.54, 1.807) is 0 Å².